The van der Waals surface area contributed by atoms with E-state index in [4.69, 9.17) is 0 Å². The molecular weight excluding hydrogens is 262 g/mol. The minimum absolute atomic E-state index is 0.646. The van der Waals surface area contributed by atoms with Crippen LogP contribution in [-0.2, 0) is 6.42 Å². The lowest BCUT2D eigenvalue weighted by molar-refractivity contribution is 0.666. The normalized spacial score (nSPS) is 16.0. The van der Waals surface area contributed by atoms with Crippen molar-refractivity contribution in [1.82, 2.24) is 0 Å². The summed E-state index contributed by atoms with van der Waals surface area (Å²) >= 11 is 2.08. The first kappa shape index (κ1) is 13.6. The van der Waals surface area contributed by atoms with Crippen LogP contribution in [0.5, 0.6) is 0 Å². The Bertz CT molecular complexity index is 532. The average molecular weight is 283 g/mol. The van der Waals surface area contributed by atoms with Gasteiger partial charge in [0.1, 0.15) is 0 Å². The lowest BCUT2D eigenvalue weighted by Gasteiger charge is -2.25. The third kappa shape index (κ3) is 3.57. The van der Waals surface area contributed by atoms with Crippen LogP contribution in [-0.4, -0.2) is 17.5 Å². The van der Waals surface area contributed by atoms with E-state index in [-0.39, 0.29) is 0 Å². The molecule has 0 unspecified atom stereocenters. The fraction of sp³-hybridized carbons (Fsp3) is 0.333. The molecule has 2 aromatic rings. The second kappa shape index (κ2) is 6.85. The zero-order valence-corrected chi connectivity index (χ0v) is 12.5. The molecule has 1 nitrogen and oxygen atoms in total. The number of thioether (sulfide) groups is 1. The molecule has 1 aliphatic heterocycles. The molecule has 0 atom stereocenters. The Labute approximate surface area is 125 Å². The van der Waals surface area contributed by atoms with Crippen LogP contribution in [0, 0.1) is 0 Å². The van der Waals surface area contributed by atoms with Gasteiger partial charge in [0.2, 0.25) is 0 Å². The molecule has 1 fully saturated rings. The van der Waals surface area contributed by atoms with Gasteiger partial charge in [0.25, 0.3) is 0 Å². The summed E-state index contributed by atoms with van der Waals surface area (Å²) in [6.45, 7) is 0. The van der Waals surface area contributed by atoms with Crippen LogP contribution in [0.15, 0.2) is 54.6 Å². The highest BCUT2D eigenvalue weighted by Crippen LogP contribution is 2.24. The van der Waals surface area contributed by atoms with Crippen molar-refractivity contribution in [2.45, 2.75) is 25.3 Å². The SMILES string of the molecule is c1ccc(Cc2ccccc2NC2CCSCC2)cc1. The molecular formula is C18H21NS. The van der Waals surface area contributed by atoms with Crippen molar-refractivity contribution in [2.24, 2.45) is 0 Å². The van der Waals surface area contributed by atoms with Gasteiger partial charge in [-0.25, -0.2) is 0 Å². The van der Waals surface area contributed by atoms with Crippen LogP contribution in [0.2, 0.25) is 0 Å². The third-order valence-electron chi connectivity index (χ3n) is 3.84. The van der Waals surface area contributed by atoms with Crippen LogP contribution in [0.25, 0.3) is 0 Å². The summed E-state index contributed by atoms with van der Waals surface area (Å²) in [5.41, 5.74) is 4.09. The van der Waals surface area contributed by atoms with Gasteiger partial charge in [-0.15, -0.1) is 0 Å². The first-order valence-corrected chi connectivity index (χ1v) is 8.53. The summed E-state index contributed by atoms with van der Waals surface area (Å²) in [6.07, 6.45) is 3.57. The number of benzene rings is 2. The summed E-state index contributed by atoms with van der Waals surface area (Å²) in [6, 6.07) is 20.1. The molecule has 3 rings (SSSR count). The van der Waals surface area contributed by atoms with Crippen LogP contribution in [0.1, 0.15) is 24.0 Å². The summed E-state index contributed by atoms with van der Waals surface area (Å²) in [4.78, 5) is 0. The van der Waals surface area contributed by atoms with Gasteiger partial charge in [-0.1, -0.05) is 48.5 Å². The maximum absolute atomic E-state index is 3.76. The summed E-state index contributed by atoms with van der Waals surface area (Å²) < 4.78 is 0. The average Bonchev–Trinajstić information content (AvgIpc) is 2.51. The zero-order valence-electron chi connectivity index (χ0n) is 11.7. The molecule has 0 amide bonds. The van der Waals surface area contributed by atoms with E-state index in [0.29, 0.717) is 6.04 Å². The van der Waals surface area contributed by atoms with Gasteiger partial charge in [-0.05, 0) is 48.0 Å². The van der Waals surface area contributed by atoms with Gasteiger partial charge in [0, 0.05) is 11.7 Å². The molecule has 0 aromatic heterocycles. The van der Waals surface area contributed by atoms with E-state index in [0.717, 1.165) is 6.42 Å². The maximum Gasteiger partial charge on any atom is 0.0378 e. The predicted octanol–water partition coefficient (Wildman–Crippen LogP) is 4.58. The fourth-order valence-electron chi connectivity index (χ4n) is 2.69. The zero-order chi connectivity index (χ0) is 13.6. The predicted molar refractivity (Wildman–Crippen MR) is 89.7 cm³/mol. The van der Waals surface area contributed by atoms with Gasteiger partial charge in [0.15, 0.2) is 0 Å². The molecule has 2 aromatic carbocycles. The van der Waals surface area contributed by atoms with E-state index in [1.54, 1.807) is 0 Å². The molecule has 0 aliphatic carbocycles. The number of hydrogen-bond donors (Lipinski definition) is 1. The first-order chi connectivity index (χ1) is 9.92. The molecule has 104 valence electrons. The second-order valence-electron chi connectivity index (χ2n) is 5.35. The lowest BCUT2D eigenvalue weighted by atomic mass is 10.0. The van der Waals surface area contributed by atoms with Crippen molar-refractivity contribution < 1.29 is 0 Å². The molecule has 1 N–H and O–H groups in total. The summed E-state index contributed by atoms with van der Waals surface area (Å²) in [5, 5.41) is 3.76. The standard InChI is InChI=1S/C18H21NS/c1-2-6-15(7-3-1)14-16-8-4-5-9-18(16)19-17-10-12-20-13-11-17/h1-9,17,19H,10-14H2. The molecule has 2 heteroatoms. The molecule has 0 radical (unpaired) electrons. The Morgan fingerprint density at radius 1 is 0.900 bits per heavy atom. The Morgan fingerprint density at radius 2 is 1.60 bits per heavy atom. The van der Waals surface area contributed by atoms with Crippen molar-refractivity contribution in [2.75, 3.05) is 16.8 Å². The van der Waals surface area contributed by atoms with Crippen molar-refractivity contribution in [3.8, 4) is 0 Å². The Kier molecular flexibility index (Phi) is 4.65. The van der Waals surface area contributed by atoms with Crippen LogP contribution < -0.4 is 5.32 Å². The van der Waals surface area contributed by atoms with E-state index in [1.807, 2.05) is 0 Å². The highest BCUT2D eigenvalue weighted by molar-refractivity contribution is 7.99. The Balaban J connectivity index is 1.74. The van der Waals surface area contributed by atoms with Crippen molar-refractivity contribution in [3.63, 3.8) is 0 Å². The van der Waals surface area contributed by atoms with Gasteiger partial charge in [0.05, 0.1) is 0 Å². The van der Waals surface area contributed by atoms with E-state index < -0.39 is 0 Å². The number of rotatable bonds is 4. The van der Waals surface area contributed by atoms with Gasteiger partial charge < -0.3 is 5.32 Å². The van der Waals surface area contributed by atoms with Gasteiger partial charge in [-0.3, -0.25) is 0 Å². The quantitative estimate of drug-likeness (QED) is 0.881. The number of anilines is 1. The highest BCUT2D eigenvalue weighted by Gasteiger charge is 2.14. The number of hydrogen-bond acceptors (Lipinski definition) is 2. The third-order valence-corrected chi connectivity index (χ3v) is 4.88. The van der Waals surface area contributed by atoms with Crippen molar-refractivity contribution in [1.29, 1.82) is 0 Å². The molecule has 1 aliphatic rings. The minimum atomic E-state index is 0.646. The summed E-state index contributed by atoms with van der Waals surface area (Å²) in [7, 11) is 0. The van der Waals surface area contributed by atoms with Crippen molar-refractivity contribution >= 4 is 17.4 Å². The Hall–Kier alpha value is -1.41. The molecule has 1 saturated heterocycles. The number of para-hydroxylation sites is 1. The molecule has 20 heavy (non-hydrogen) atoms. The minimum Gasteiger partial charge on any atom is -0.382 e. The van der Waals surface area contributed by atoms with E-state index in [2.05, 4.69) is 71.7 Å². The second-order valence-corrected chi connectivity index (χ2v) is 6.58. The van der Waals surface area contributed by atoms with Gasteiger partial charge in [-0.2, -0.15) is 11.8 Å². The van der Waals surface area contributed by atoms with Crippen LogP contribution in [0.3, 0.4) is 0 Å². The van der Waals surface area contributed by atoms with Crippen molar-refractivity contribution in [3.05, 3.63) is 65.7 Å². The first-order valence-electron chi connectivity index (χ1n) is 7.38. The van der Waals surface area contributed by atoms with Gasteiger partial charge >= 0.3 is 0 Å². The van der Waals surface area contributed by atoms with Crippen LogP contribution in [0.4, 0.5) is 5.69 Å². The molecule has 0 saturated carbocycles. The highest BCUT2D eigenvalue weighted by atomic mass is 32.2. The van der Waals surface area contributed by atoms with E-state index in [1.165, 1.54) is 41.2 Å². The lowest BCUT2D eigenvalue weighted by Crippen LogP contribution is -2.25. The largest absolute Gasteiger partial charge is 0.382 e. The smallest absolute Gasteiger partial charge is 0.0378 e. The maximum atomic E-state index is 3.76. The number of nitrogens with one attached hydrogen (secondary N) is 1. The molecule has 1 heterocycles. The monoisotopic (exact) mass is 283 g/mol. The summed E-state index contributed by atoms with van der Waals surface area (Å²) in [5.74, 6) is 2.58. The Morgan fingerprint density at radius 3 is 2.40 bits per heavy atom. The molecule has 0 bridgehead atoms. The van der Waals surface area contributed by atoms with E-state index >= 15 is 0 Å². The molecule has 0 spiro atoms. The van der Waals surface area contributed by atoms with E-state index in [9.17, 15) is 0 Å². The fourth-order valence-corrected chi connectivity index (χ4v) is 3.80. The van der Waals surface area contributed by atoms with Crippen LogP contribution >= 0.6 is 11.8 Å². The topological polar surface area (TPSA) is 12.0 Å².